The Labute approximate surface area is 178 Å². The van der Waals surface area contributed by atoms with E-state index in [9.17, 15) is 14.4 Å². The molecule has 1 heterocycles. The summed E-state index contributed by atoms with van der Waals surface area (Å²) in [4.78, 5) is 36.0. The summed E-state index contributed by atoms with van der Waals surface area (Å²) in [6.07, 6.45) is 8.00. The van der Waals surface area contributed by atoms with Crippen molar-refractivity contribution < 1.29 is 19.1 Å². The second kappa shape index (κ2) is 9.45. The van der Waals surface area contributed by atoms with Crippen LogP contribution in [0.3, 0.4) is 0 Å². The topological polar surface area (TPSA) is 84.5 Å². The molecule has 0 radical (unpaired) electrons. The number of carbonyl (C=O) groups excluding carboxylic acids is 3. The molecule has 2 N–H and O–H groups in total. The summed E-state index contributed by atoms with van der Waals surface area (Å²) in [5.74, 6) is 0.515. The number of ether oxygens (including phenoxy) is 1. The van der Waals surface area contributed by atoms with Crippen LogP contribution in [0.1, 0.15) is 68.8 Å². The third kappa shape index (κ3) is 5.49. The Bertz CT molecular complexity index is 836. The Morgan fingerprint density at radius 2 is 1.97 bits per heavy atom. The van der Waals surface area contributed by atoms with Crippen molar-refractivity contribution in [1.82, 2.24) is 5.32 Å². The number of rotatable bonds is 6. The standard InChI is InChI=1S/C24H32N2O4/c1-4-30-22(28)12-9-16-5-7-17(8-6-16)15-25-23(29)18-10-11-20-19(13-18)24(2,3)14-21(27)26-20/h9-13,16-17H,4-8,14-15H2,1-3H3,(H,25,29)(H,26,27)/b12-9+. The summed E-state index contributed by atoms with van der Waals surface area (Å²) >= 11 is 0. The summed E-state index contributed by atoms with van der Waals surface area (Å²) in [6.45, 7) is 6.91. The van der Waals surface area contributed by atoms with Crippen LogP contribution >= 0.6 is 0 Å². The summed E-state index contributed by atoms with van der Waals surface area (Å²) in [7, 11) is 0. The second-order valence-electron chi connectivity index (χ2n) is 8.97. The molecule has 1 aliphatic carbocycles. The molecule has 0 unspecified atom stereocenters. The average Bonchev–Trinajstić information content (AvgIpc) is 2.70. The van der Waals surface area contributed by atoms with Gasteiger partial charge in [0.05, 0.1) is 6.61 Å². The molecule has 0 saturated heterocycles. The maximum absolute atomic E-state index is 12.7. The van der Waals surface area contributed by atoms with Crippen LogP contribution in [0.4, 0.5) is 5.69 Å². The first-order chi connectivity index (χ1) is 14.3. The molecule has 6 nitrogen and oxygen atoms in total. The normalized spacial score (nSPS) is 22.8. The van der Waals surface area contributed by atoms with Crippen LogP contribution in [0.5, 0.6) is 0 Å². The van der Waals surface area contributed by atoms with E-state index in [1.54, 1.807) is 13.0 Å². The Morgan fingerprint density at radius 1 is 1.23 bits per heavy atom. The second-order valence-corrected chi connectivity index (χ2v) is 8.97. The van der Waals surface area contributed by atoms with E-state index >= 15 is 0 Å². The van der Waals surface area contributed by atoms with Crippen molar-refractivity contribution in [2.75, 3.05) is 18.5 Å². The monoisotopic (exact) mass is 412 g/mol. The van der Waals surface area contributed by atoms with E-state index < -0.39 is 0 Å². The number of amides is 2. The van der Waals surface area contributed by atoms with Gasteiger partial charge in [0.2, 0.25) is 5.91 Å². The molecule has 6 heteroatoms. The van der Waals surface area contributed by atoms with Gasteiger partial charge < -0.3 is 15.4 Å². The van der Waals surface area contributed by atoms with Gasteiger partial charge in [-0.25, -0.2) is 4.79 Å². The van der Waals surface area contributed by atoms with E-state index in [0.29, 0.717) is 37.0 Å². The third-order valence-corrected chi connectivity index (χ3v) is 6.12. The number of fused-ring (bicyclic) bond motifs is 1. The molecule has 1 saturated carbocycles. The number of esters is 1. The van der Waals surface area contributed by atoms with E-state index in [-0.39, 0.29) is 23.2 Å². The summed E-state index contributed by atoms with van der Waals surface area (Å²) in [5, 5.41) is 5.96. The smallest absolute Gasteiger partial charge is 0.330 e. The molecule has 0 aromatic heterocycles. The Balaban J connectivity index is 1.50. The van der Waals surface area contributed by atoms with Gasteiger partial charge in [-0.1, -0.05) is 19.9 Å². The lowest BCUT2D eigenvalue weighted by Crippen LogP contribution is -2.34. The summed E-state index contributed by atoms with van der Waals surface area (Å²) in [5.41, 5.74) is 2.14. The lowest BCUT2D eigenvalue weighted by molar-refractivity contribution is -0.137. The number of allylic oxidation sites excluding steroid dienone is 1. The van der Waals surface area contributed by atoms with Crippen LogP contribution in [0.25, 0.3) is 0 Å². The third-order valence-electron chi connectivity index (χ3n) is 6.12. The highest BCUT2D eigenvalue weighted by molar-refractivity contribution is 5.98. The molecule has 2 amide bonds. The molecule has 30 heavy (non-hydrogen) atoms. The van der Waals surface area contributed by atoms with Gasteiger partial charge in [0, 0.05) is 35.7 Å². The first kappa shape index (κ1) is 22.1. The van der Waals surface area contributed by atoms with E-state index in [1.807, 2.05) is 32.1 Å². The van der Waals surface area contributed by atoms with E-state index in [1.165, 1.54) is 6.08 Å². The number of carbonyl (C=O) groups is 3. The fourth-order valence-electron chi connectivity index (χ4n) is 4.37. The molecule has 0 spiro atoms. The SMILES string of the molecule is CCOC(=O)/C=C/C1CCC(CNC(=O)c2ccc3c(c2)C(C)(C)CC(=O)N3)CC1. The maximum atomic E-state index is 12.7. The zero-order chi connectivity index (χ0) is 21.7. The minimum absolute atomic E-state index is 0.0115. The van der Waals surface area contributed by atoms with Gasteiger partial charge in [0.1, 0.15) is 0 Å². The van der Waals surface area contributed by atoms with Gasteiger partial charge in [-0.3, -0.25) is 9.59 Å². The fraction of sp³-hybridized carbons (Fsp3) is 0.542. The van der Waals surface area contributed by atoms with Gasteiger partial charge in [-0.05, 0) is 68.2 Å². The molecule has 1 aliphatic heterocycles. The van der Waals surface area contributed by atoms with Crippen LogP contribution in [0.15, 0.2) is 30.4 Å². The molecule has 3 rings (SSSR count). The van der Waals surface area contributed by atoms with E-state index in [4.69, 9.17) is 4.74 Å². The van der Waals surface area contributed by atoms with Crippen molar-refractivity contribution in [3.8, 4) is 0 Å². The number of hydrogen-bond donors (Lipinski definition) is 2. The molecule has 1 aromatic rings. The van der Waals surface area contributed by atoms with E-state index in [2.05, 4.69) is 10.6 Å². The Kier molecular flexibility index (Phi) is 6.95. The molecule has 1 aromatic carbocycles. The molecular weight excluding hydrogens is 380 g/mol. The van der Waals surface area contributed by atoms with Gasteiger partial charge >= 0.3 is 5.97 Å². The van der Waals surface area contributed by atoms with E-state index in [0.717, 1.165) is 36.9 Å². The Morgan fingerprint density at radius 3 is 2.67 bits per heavy atom. The van der Waals surface area contributed by atoms with Crippen molar-refractivity contribution in [3.05, 3.63) is 41.5 Å². The van der Waals surface area contributed by atoms with Crippen LogP contribution in [0.2, 0.25) is 0 Å². The fourth-order valence-corrected chi connectivity index (χ4v) is 4.37. The van der Waals surface area contributed by atoms with Gasteiger partial charge in [0.25, 0.3) is 5.91 Å². The minimum Gasteiger partial charge on any atom is -0.463 e. The summed E-state index contributed by atoms with van der Waals surface area (Å²) < 4.78 is 4.92. The van der Waals surface area contributed by atoms with Crippen molar-refractivity contribution in [3.63, 3.8) is 0 Å². The highest BCUT2D eigenvalue weighted by Gasteiger charge is 2.32. The highest BCUT2D eigenvalue weighted by Crippen LogP contribution is 2.37. The molecule has 2 aliphatic rings. The molecule has 1 fully saturated rings. The predicted molar refractivity (Wildman–Crippen MR) is 116 cm³/mol. The van der Waals surface area contributed by atoms with Crippen molar-refractivity contribution >= 4 is 23.5 Å². The minimum atomic E-state index is -0.288. The lowest BCUT2D eigenvalue weighted by atomic mass is 9.77. The zero-order valence-electron chi connectivity index (χ0n) is 18.1. The summed E-state index contributed by atoms with van der Waals surface area (Å²) in [6, 6.07) is 5.50. The van der Waals surface area contributed by atoms with Crippen LogP contribution in [-0.2, 0) is 19.7 Å². The van der Waals surface area contributed by atoms with Crippen LogP contribution in [0, 0.1) is 11.8 Å². The Hall–Kier alpha value is -2.63. The first-order valence-corrected chi connectivity index (χ1v) is 10.9. The molecular formula is C24H32N2O4. The number of anilines is 1. The first-order valence-electron chi connectivity index (χ1n) is 10.9. The zero-order valence-corrected chi connectivity index (χ0v) is 18.1. The number of nitrogens with one attached hydrogen (secondary N) is 2. The maximum Gasteiger partial charge on any atom is 0.330 e. The van der Waals surface area contributed by atoms with Gasteiger partial charge in [-0.2, -0.15) is 0 Å². The van der Waals surface area contributed by atoms with Crippen molar-refractivity contribution in [1.29, 1.82) is 0 Å². The quantitative estimate of drug-likeness (QED) is 0.547. The highest BCUT2D eigenvalue weighted by atomic mass is 16.5. The lowest BCUT2D eigenvalue weighted by Gasteiger charge is -2.32. The average molecular weight is 413 g/mol. The van der Waals surface area contributed by atoms with Crippen LogP contribution < -0.4 is 10.6 Å². The molecule has 0 atom stereocenters. The van der Waals surface area contributed by atoms with Crippen molar-refractivity contribution in [2.45, 2.75) is 58.3 Å². The largest absolute Gasteiger partial charge is 0.463 e. The number of hydrogen-bond acceptors (Lipinski definition) is 4. The molecule has 162 valence electrons. The molecule has 0 bridgehead atoms. The number of benzene rings is 1. The predicted octanol–water partition coefficient (Wildman–Crippen LogP) is 3.96. The van der Waals surface area contributed by atoms with Gasteiger partial charge in [0.15, 0.2) is 0 Å². The van der Waals surface area contributed by atoms with Gasteiger partial charge in [-0.15, -0.1) is 0 Å². The van der Waals surface area contributed by atoms with Crippen LogP contribution in [-0.4, -0.2) is 30.9 Å². The van der Waals surface area contributed by atoms with Crippen molar-refractivity contribution in [2.24, 2.45) is 11.8 Å².